The zero-order chi connectivity index (χ0) is 18.0. The Labute approximate surface area is 145 Å². The summed E-state index contributed by atoms with van der Waals surface area (Å²) in [5.74, 6) is -2.01. The Morgan fingerprint density at radius 2 is 1.72 bits per heavy atom. The monoisotopic (exact) mass is 351 g/mol. The second-order valence-corrected chi connectivity index (χ2v) is 6.86. The Morgan fingerprint density at radius 1 is 1.04 bits per heavy atom. The SMILES string of the molecule is N[C@@H]1CCC[C@H]1CC(=O)N1CCN(C(=O)c2ccc(F)c(F)c2)CC1. The number of carbonyl (C=O) groups is 2. The van der Waals surface area contributed by atoms with Crippen LogP contribution >= 0.6 is 0 Å². The number of nitrogens with zero attached hydrogens (tertiary/aromatic N) is 2. The number of amides is 2. The molecule has 0 aromatic heterocycles. The van der Waals surface area contributed by atoms with Gasteiger partial charge in [-0.2, -0.15) is 0 Å². The molecule has 1 aromatic carbocycles. The third-order valence-electron chi connectivity index (χ3n) is 5.24. The molecule has 25 heavy (non-hydrogen) atoms. The molecule has 7 heteroatoms. The quantitative estimate of drug-likeness (QED) is 0.902. The van der Waals surface area contributed by atoms with Gasteiger partial charge in [0.15, 0.2) is 11.6 Å². The number of halogens is 2. The van der Waals surface area contributed by atoms with E-state index in [1.807, 2.05) is 0 Å². The van der Waals surface area contributed by atoms with Gasteiger partial charge in [-0.3, -0.25) is 9.59 Å². The summed E-state index contributed by atoms with van der Waals surface area (Å²) < 4.78 is 26.3. The minimum atomic E-state index is -1.03. The third-order valence-corrected chi connectivity index (χ3v) is 5.24. The Morgan fingerprint density at radius 3 is 2.32 bits per heavy atom. The van der Waals surface area contributed by atoms with Gasteiger partial charge in [0, 0.05) is 44.2 Å². The van der Waals surface area contributed by atoms with Crippen molar-refractivity contribution in [2.75, 3.05) is 26.2 Å². The van der Waals surface area contributed by atoms with E-state index in [0.717, 1.165) is 31.4 Å². The lowest BCUT2D eigenvalue weighted by molar-refractivity contribution is -0.133. The Kier molecular flexibility index (Phi) is 5.32. The van der Waals surface area contributed by atoms with E-state index in [0.29, 0.717) is 32.6 Å². The number of piperazine rings is 1. The average molecular weight is 351 g/mol. The molecular weight excluding hydrogens is 328 g/mol. The minimum Gasteiger partial charge on any atom is -0.339 e. The van der Waals surface area contributed by atoms with Crippen LogP contribution in [0.5, 0.6) is 0 Å². The minimum absolute atomic E-state index is 0.0854. The molecule has 1 aliphatic heterocycles. The second-order valence-electron chi connectivity index (χ2n) is 6.86. The van der Waals surface area contributed by atoms with Crippen LogP contribution in [0.15, 0.2) is 18.2 Å². The maximum Gasteiger partial charge on any atom is 0.254 e. The highest BCUT2D eigenvalue weighted by Gasteiger charge is 2.30. The van der Waals surface area contributed by atoms with Gasteiger partial charge in [-0.25, -0.2) is 8.78 Å². The van der Waals surface area contributed by atoms with Gasteiger partial charge in [0.1, 0.15) is 0 Å². The predicted molar refractivity (Wildman–Crippen MR) is 88.8 cm³/mol. The van der Waals surface area contributed by atoms with E-state index in [1.54, 1.807) is 9.80 Å². The number of hydrogen-bond acceptors (Lipinski definition) is 3. The number of benzene rings is 1. The largest absolute Gasteiger partial charge is 0.339 e. The third kappa shape index (κ3) is 3.98. The molecule has 136 valence electrons. The van der Waals surface area contributed by atoms with E-state index in [-0.39, 0.29) is 29.3 Å². The molecule has 1 aromatic rings. The summed E-state index contributed by atoms with van der Waals surface area (Å²) >= 11 is 0. The van der Waals surface area contributed by atoms with Crippen LogP contribution in [-0.2, 0) is 4.79 Å². The summed E-state index contributed by atoms with van der Waals surface area (Å²) in [5.41, 5.74) is 6.15. The summed E-state index contributed by atoms with van der Waals surface area (Å²) in [7, 11) is 0. The van der Waals surface area contributed by atoms with Gasteiger partial charge in [0.05, 0.1) is 0 Å². The zero-order valence-corrected chi connectivity index (χ0v) is 14.1. The molecule has 1 aliphatic carbocycles. The molecule has 0 radical (unpaired) electrons. The summed E-state index contributed by atoms with van der Waals surface area (Å²) in [6.45, 7) is 1.69. The molecule has 1 saturated carbocycles. The fourth-order valence-electron chi connectivity index (χ4n) is 3.64. The topological polar surface area (TPSA) is 66.6 Å². The molecule has 2 atom stereocenters. The number of carbonyl (C=O) groups excluding carboxylic acids is 2. The molecule has 0 spiro atoms. The van der Waals surface area contributed by atoms with Crippen molar-refractivity contribution in [1.82, 2.24) is 9.80 Å². The van der Waals surface area contributed by atoms with Gasteiger partial charge in [-0.1, -0.05) is 6.42 Å². The van der Waals surface area contributed by atoms with Crippen molar-refractivity contribution < 1.29 is 18.4 Å². The van der Waals surface area contributed by atoms with Gasteiger partial charge in [0.25, 0.3) is 5.91 Å². The van der Waals surface area contributed by atoms with Crippen LogP contribution in [0.25, 0.3) is 0 Å². The van der Waals surface area contributed by atoms with Crippen LogP contribution < -0.4 is 5.73 Å². The van der Waals surface area contributed by atoms with Crippen molar-refractivity contribution in [3.8, 4) is 0 Å². The predicted octanol–water partition coefficient (Wildman–Crippen LogP) is 1.77. The molecular formula is C18H23F2N3O2. The summed E-state index contributed by atoms with van der Waals surface area (Å²) in [6.07, 6.45) is 3.53. The Bertz CT molecular complexity index is 660. The van der Waals surface area contributed by atoms with Crippen LogP contribution in [0.4, 0.5) is 8.78 Å². The highest BCUT2D eigenvalue weighted by Crippen LogP contribution is 2.27. The molecule has 2 N–H and O–H groups in total. The van der Waals surface area contributed by atoms with Gasteiger partial charge in [0.2, 0.25) is 5.91 Å². The lowest BCUT2D eigenvalue weighted by Gasteiger charge is -2.35. The lowest BCUT2D eigenvalue weighted by Crippen LogP contribution is -2.51. The standard InChI is InChI=1S/C18H23F2N3O2/c19-14-5-4-13(10-15(14)20)18(25)23-8-6-22(7-9-23)17(24)11-12-2-1-3-16(12)21/h4-5,10,12,16H,1-3,6-9,11,21H2/t12-,16+/m0/s1. The zero-order valence-electron chi connectivity index (χ0n) is 14.1. The van der Waals surface area contributed by atoms with E-state index >= 15 is 0 Å². The van der Waals surface area contributed by atoms with Crippen molar-refractivity contribution in [2.24, 2.45) is 11.7 Å². The van der Waals surface area contributed by atoms with E-state index in [1.165, 1.54) is 6.07 Å². The van der Waals surface area contributed by atoms with Crippen molar-refractivity contribution in [2.45, 2.75) is 31.7 Å². The first-order valence-corrected chi connectivity index (χ1v) is 8.73. The Balaban J connectivity index is 1.53. The van der Waals surface area contributed by atoms with Crippen molar-refractivity contribution in [1.29, 1.82) is 0 Å². The van der Waals surface area contributed by atoms with Crippen LogP contribution in [0.2, 0.25) is 0 Å². The Hall–Kier alpha value is -2.02. The van der Waals surface area contributed by atoms with E-state index in [2.05, 4.69) is 0 Å². The van der Waals surface area contributed by atoms with Crippen molar-refractivity contribution >= 4 is 11.8 Å². The maximum absolute atomic E-state index is 13.3. The first-order chi connectivity index (χ1) is 12.0. The van der Waals surface area contributed by atoms with Crippen molar-refractivity contribution in [3.05, 3.63) is 35.4 Å². The molecule has 2 fully saturated rings. The maximum atomic E-state index is 13.3. The molecule has 5 nitrogen and oxygen atoms in total. The normalized spacial score (nSPS) is 23.8. The van der Waals surface area contributed by atoms with E-state index in [4.69, 9.17) is 5.73 Å². The average Bonchev–Trinajstić information content (AvgIpc) is 3.01. The van der Waals surface area contributed by atoms with E-state index in [9.17, 15) is 18.4 Å². The summed E-state index contributed by atoms with van der Waals surface area (Å²) in [6, 6.07) is 3.25. The first-order valence-electron chi connectivity index (χ1n) is 8.73. The lowest BCUT2D eigenvalue weighted by atomic mass is 9.99. The molecule has 1 saturated heterocycles. The summed E-state index contributed by atoms with van der Waals surface area (Å²) in [4.78, 5) is 28.1. The fourth-order valence-corrected chi connectivity index (χ4v) is 3.64. The van der Waals surface area contributed by atoms with Gasteiger partial charge in [-0.05, 0) is 37.0 Å². The molecule has 2 amide bonds. The molecule has 1 heterocycles. The highest BCUT2D eigenvalue weighted by molar-refractivity contribution is 5.94. The molecule has 0 bridgehead atoms. The number of hydrogen-bond donors (Lipinski definition) is 1. The van der Waals surface area contributed by atoms with Crippen LogP contribution in [0.1, 0.15) is 36.0 Å². The molecule has 0 unspecified atom stereocenters. The van der Waals surface area contributed by atoms with Gasteiger partial charge < -0.3 is 15.5 Å². The summed E-state index contributed by atoms with van der Waals surface area (Å²) in [5, 5.41) is 0. The smallest absolute Gasteiger partial charge is 0.254 e. The molecule has 3 rings (SSSR count). The number of nitrogens with two attached hydrogens (primary N) is 1. The van der Waals surface area contributed by atoms with Crippen LogP contribution in [0.3, 0.4) is 0 Å². The van der Waals surface area contributed by atoms with Gasteiger partial charge >= 0.3 is 0 Å². The highest BCUT2D eigenvalue weighted by atomic mass is 19.2. The van der Waals surface area contributed by atoms with Crippen LogP contribution in [0, 0.1) is 17.6 Å². The first kappa shape index (κ1) is 17.8. The molecule has 2 aliphatic rings. The van der Waals surface area contributed by atoms with Gasteiger partial charge in [-0.15, -0.1) is 0 Å². The fraction of sp³-hybridized carbons (Fsp3) is 0.556. The van der Waals surface area contributed by atoms with Crippen molar-refractivity contribution in [3.63, 3.8) is 0 Å². The second kappa shape index (κ2) is 7.47. The van der Waals surface area contributed by atoms with E-state index < -0.39 is 11.6 Å². The van der Waals surface area contributed by atoms with Crippen LogP contribution in [-0.4, -0.2) is 53.8 Å². The number of rotatable bonds is 3.